The molecule has 0 bridgehead atoms. The first-order valence-electron chi connectivity index (χ1n) is 7.25. The zero-order valence-electron chi connectivity index (χ0n) is 13.2. The van der Waals surface area contributed by atoms with Crippen molar-refractivity contribution >= 4 is 22.3 Å². The number of rotatable bonds is 5. The van der Waals surface area contributed by atoms with Gasteiger partial charge in [0.2, 0.25) is 5.82 Å². The lowest BCUT2D eigenvalue weighted by Gasteiger charge is -2.40. The van der Waals surface area contributed by atoms with E-state index in [-0.39, 0.29) is 11.2 Å². The lowest BCUT2D eigenvalue weighted by Crippen LogP contribution is -2.53. The van der Waals surface area contributed by atoms with E-state index in [1.807, 2.05) is 0 Å². The first-order chi connectivity index (χ1) is 10.3. The van der Waals surface area contributed by atoms with E-state index in [0.29, 0.717) is 29.4 Å². The minimum Gasteiger partial charge on any atom is -0.362 e. The van der Waals surface area contributed by atoms with Gasteiger partial charge in [-0.15, -0.1) is 0 Å². The summed E-state index contributed by atoms with van der Waals surface area (Å²) in [4.78, 5) is 17.2. The van der Waals surface area contributed by atoms with Crippen molar-refractivity contribution in [3.8, 4) is 0 Å². The Morgan fingerprint density at radius 2 is 2.09 bits per heavy atom. The van der Waals surface area contributed by atoms with Crippen LogP contribution in [-0.4, -0.2) is 55.7 Å². The number of aryl methyl sites for hydroxylation is 1. The topological polar surface area (TPSA) is 88.4 Å². The fraction of sp³-hybridized carbons (Fsp3) is 0.643. The maximum atomic E-state index is 11.5. The molecule has 2 heterocycles. The highest BCUT2D eigenvalue weighted by molar-refractivity contribution is 7.85. The molecule has 0 atom stereocenters. The van der Waals surface area contributed by atoms with E-state index in [1.54, 1.807) is 19.2 Å². The van der Waals surface area contributed by atoms with Crippen LogP contribution in [0.25, 0.3) is 0 Å². The molecule has 0 aliphatic carbocycles. The summed E-state index contributed by atoms with van der Waals surface area (Å²) in [5.41, 5.74) is 0.427. The Morgan fingerprint density at radius 3 is 2.68 bits per heavy atom. The van der Waals surface area contributed by atoms with Gasteiger partial charge in [0.1, 0.15) is 0 Å². The van der Waals surface area contributed by atoms with Crippen LogP contribution in [0.3, 0.4) is 0 Å². The molecule has 1 aliphatic heterocycles. The fourth-order valence-corrected chi connectivity index (χ4v) is 3.62. The van der Waals surface area contributed by atoms with Gasteiger partial charge in [0.05, 0.1) is 4.92 Å². The lowest BCUT2D eigenvalue weighted by atomic mass is 10.0. The summed E-state index contributed by atoms with van der Waals surface area (Å²) in [5.74, 6) is 1.68. The molecule has 0 spiro atoms. The van der Waals surface area contributed by atoms with Crippen molar-refractivity contribution in [2.24, 2.45) is 0 Å². The molecule has 122 valence electrons. The Kier molecular flexibility index (Phi) is 5.12. The number of hydrogen-bond acceptors (Lipinski definition) is 6. The standard InChI is InChI=1S/C14H22N4O3S/c1-11-4-5-15-13(12(11)18(19)20)16-10-14(2,3)17-6-8-22(21)9-7-17/h4-5H,6-10H2,1-3H3,(H,15,16). The van der Waals surface area contributed by atoms with Crippen molar-refractivity contribution in [3.05, 3.63) is 27.9 Å². The van der Waals surface area contributed by atoms with E-state index in [1.165, 1.54) is 0 Å². The number of anilines is 1. The number of hydrogen-bond donors (Lipinski definition) is 1. The summed E-state index contributed by atoms with van der Waals surface area (Å²) in [6.45, 7) is 7.97. The second kappa shape index (κ2) is 6.70. The van der Waals surface area contributed by atoms with Crippen LogP contribution >= 0.6 is 0 Å². The predicted octanol–water partition coefficient (Wildman–Crippen LogP) is 1.55. The molecule has 1 aromatic rings. The molecule has 1 aromatic heterocycles. The van der Waals surface area contributed by atoms with Crippen LogP contribution in [0, 0.1) is 17.0 Å². The second-order valence-electron chi connectivity index (χ2n) is 6.08. The summed E-state index contributed by atoms with van der Waals surface area (Å²) in [7, 11) is -0.712. The molecule has 0 unspecified atom stereocenters. The molecule has 1 fully saturated rings. The van der Waals surface area contributed by atoms with E-state index in [4.69, 9.17) is 0 Å². The third kappa shape index (κ3) is 3.80. The van der Waals surface area contributed by atoms with Crippen molar-refractivity contribution in [1.29, 1.82) is 0 Å². The van der Waals surface area contributed by atoms with Crippen LogP contribution in [0.2, 0.25) is 0 Å². The minimum atomic E-state index is -0.712. The Labute approximate surface area is 132 Å². The molecule has 0 saturated carbocycles. The molecular weight excluding hydrogens is 304 g/mol. The summed E-state index contributed by atoms with van der Waals surface area (Å²) in [6.07, 6.45) is 1.57. The maximum absolute atomic E-state index is 11.5. The average Bonchev–Trinajstić information content (AvgIpc) is 2.45. The van der Waals surface area contributed by atoms with Gasteiger partial charge in [0.25, 0.3) is 0 Å². The van der Waals surface area contributed by atoms with Gasteiger partial charge in [-0.1, -0.05) is 0 Å². The van der Waals surface area contributed by atoms with E-state index >= 15 is 0 Å². The molecule has 0 amide bonds. The average molecular weight is 326 g/mol. The molecular formula is C14H22N4O3S. The van der Waals surface area contributed by atoms with E-state index in [0.717, 1.165) is 13.1 Å². The Morgan fingerprint density at radius 1 is 1.45 bits per heavy atom. The first-order valence-corrected chi connectivity index (χ1v) is 8.74. The minimum absolute atomic E-state index is 0.0260. The molecule has 8 heteroatoms. The maximum Gasteiger partial charge on any atom is 0.314 e. The summed E-state index contributed by atoms with van der Waals surface area (Å²) in [5, 5.41) is 14.3. The Bertz CT molecular complexity index is 581. The van der Waals surface area contributed by atoms with E-state index in [9.17, 15) is 14.3 Å². The van der Waals surface area contributed by atoms with Gasteiger partial charge >= 0.3 is 5.69 Å². The van der Waals surface area contributed by atoms with Crippen molar-refractivity contribution < 1.29 is 9.13 Å². The van der Waals surface area contributed by atoms with Gasteiger partial charge in [-0.25, -0.2) is 4.98 Å². The van der Waals surface area contributed by atoms with Gasteiger partial charge in [-0.3, -0.25) is 19.2 Å². The second-order valence-corrected chi connectivity index (χ2v) is 7.78. The van der Waals surface area contributed by atoms with Crippen molar-refractivity contribution in [2.75, 3.05) is 36.5 Å². The fourth-order valence-electron chi connectivity index (χ4n) is 2.57. The monoisotopic (exact) mass is 326 g/mol. The highest BCUT2D eigenvalue weighted by Crippen LogP contribution is 2.26. The molecule has 0 radical (unpaired) electrons. The van der Waals surface area contributed by atoms with Crippen LogP contribution in [0.5, 0.6) is 0 Å². The largest absolute Gasteiger partial charge is 0.362 e. The number of pyridine rings is 1. The van der Waals surface area contributed by atoms with E-state index < -0.39 is 15.7 Å². The molecule has 7 nitrogen and oxygen atoms in total. The highest BCUT2D eigenvalue weighted by Gasteiger charge is 2.30. The quantitative estimate of drug-likeness (QED) is 0.652. The Balaban J connectivity index is 2.07. The molecule has 1 saturated heterocycles. The van der Waals surface area contributed by atoms with Crippen LogP contribution in [0.15, 0.2) is 12.3 Å². The summed E-state index contributed by atoms with van der Waals surface area (Å²) < 4.78 is 11.5. The summed E-state index contributed by atoms with van der Waals surface area (Å²) >= 11 is 0. The molecule has 2 rings (SSSR count). The van der Waals surface area contributed by atoms with Gasteiger partial charge < -0.3 is 5.32 Å². The lowest BCUT2D eigenvalue weighted by molar-refractivity contribution is -0.384. The van der Waals surface area contributed by atoms with Gasteiger partial charge in [0, 0.05) is 59.2 Å². The molecule has 22 heavy (non-hydrogen) atoms. The van der Waals surface area contributed by atoms with Crippen LogP contribution < -0.4 is 5.32 Å². The molecule has 0 aromatic carbocycles. The number of nitrogens with one attached hydrogen (secondary N) is 1. The van der Waals surface area contributed by atoms with Crippen molar-refractivity contribution in [2.45, 2.75) is 26.3 Å². The Hall–Kier alpha value is -1.54. The van der Waals surface area contributed by atoms with Crippen molar-refractivity contribution in [3.63, 3.8) is 0 Å². The summed E-state index contributed by atoms with van der Waals surface area (Å²) in [6, 6.07) is 1.63. The van der Waals surface area contributed by atoms with Gasteiger partial charge in [0.15, 0.2) is 0 Å². The number of aromatic nitrogens is 1. The third-order valence-electron chi connectivity index (χ3n) is 4.03. The van der Waals surface area contributed by atoms with Crippen LogP contribution in [-0.2, 0) is 10.8 Å². The van der Waals surface area contributed by atoms with Gasteiger partial charge in [-0.05, 0) is 26.8 Å². The van der Waals surface area contributed by atoms with Crippen molar-refractivity contribution in [1.82, 2.24) is 9.88 Å². The number of nitro groups is 1. The SMILES string of the molecule is Cc1ccnc(NCC(C)(C)N2CCS(=O)CC2)c1[N+](=O)[O-]. The van der Waals surface area contributed by atoms with E-state index in [2.05, 4.69) is 29.0 Å². The number of nitrogens with zero attached hydrogens (tertiary/aromatic N) is 3. The predicted molar refractivity (Wildman–Crippen MR) is 87.6 cm³/mol. The van der Waals surface area contributed by atoms with Crippen LogP contribution in [0.1, 0.15) is 19.4 Å². The smallest absolute Gasteiger partial charge is 0.314 e. The zero-order chi connectivity index (χ0) is 16.3. The zero-order valence-corrected chi connectivity index (χ0v) is 14.0. The first kappa shape index (κ1) is 16.8. The molecule has 1 N–H and O–H groups in total. The normalized spacial score (nSPS) is 17.4. The van der Waals surface area contributed by atoms with Crippen LogP contribution in [0.4, 0.5) is 11.5 Å². The molecule has 1 aliphatic rings. The highest BCUT2D eigenvalue weighted by atomic mass is 32.2. The third-order valence-corrected chi connectivity index (χ3v) is 5.31. The van der Waals surface area contributed by atoms with Gasteiger partial charge in [-0.2, -0.15) is 0 Å².